The number of benzene rings is 2. The Balaban J connectivity index is 1.38. The normalized spacial score (nSPS) is 13.3. The maximum absolute atomic E-state index is 13.2. The van der Waals surface area contributed by atoms with E-state index in [0.29, 0.717) is 13.1 Å². The molecule has 0 bridgehead atoms. The number of hydrogen-bond donors (Lipinski definition) is 0. The van der Waals surface area contributed by atoms with Crippen molar-refractivity contribution in [2.45, 2.75) is 19.9 Å². The van der Waals surface area contributed by atoms with Crippen molar-refractivity contribution in [3.8, 4) is 11.1 Å². The van der Waals surface area contributed by atoms with Crippen LogP contribution < -0.4 is 0 Å². The van der Waals surface area contributed by atoms with Crippen molar-refractivity contribution >= 4 is 28.1 Å². The number of aryl methyl sites for hydroxylation is 1. The second-order valence-electron chi connectivity index (χ2n) is 7.28. The molecule has 2 aromatic carbocycles. The van der Waals surface area contributed by atoms with E-state index in [0.717, 1.165) is 39.7 Å². The Morgan fingerprint density at radius 3 is 2.75 bits per heavy atom. The van der Waals surface area contributed by atoms with Crippen molar-refractivity contribution in [2.75, 3.05) is 6.54 Å². The van der Waals surface area contributed by atoms with Gasteiger partial charge < -0.3 is 4.90 Å². The first-order valence-electron chi connectivity index (χ1n) is 9.50. The number of aromatic nitrogens is 1. The molecule has 4 heteroatoms. The molecule has 0 spiro atoms. The third-order valence-electron chi connectivity index (χ3n) is 5.45. The van der Waals surface area contributed by atoms with Gasteiger partial charge in [-0.3, -0.25) is 9.78 Å². The van der Waals surface area contributed by atoms with Crippen LogP contribution in [0.5, 0.6) is 0 Å². The summed E-state index contributed by atoms with van der Waals surface area (Å²) in [5, 5.41) is 5.42. The molecule has 0 atom stereocenters. The highest BCUT2D eigenvalue weighted by atomic mass is 32.1. The van der Waals surface area contributed by atoms with Gasteiger partial charge in [-0.15, -0.1) is 0 Å². The van der Waals surface area contributed by atoms with Crippen LogP contribution in [0.1, 0.15) is 27.2 Å². The van der Waals surface area contributed by atoms with Gasteiger partial charge >= 0.3 is 0 Å². The quantitative estimate of drug-likeness (QED) is 0.467. The van der Waals surface area contributed by atoms with E-state index < -0.39 is 0 Å². The van der Waals surface area contributed by atoms with Crippen LogP contribution in [0.15, 0.2) is 65.4 Å². The number of thiophene rings is 1. The Morgan fingerprint density at radius 2 is 1.89 bits per heavy atom. The summed E-state index contributed by atoms with van der Waals surface area (Å²) in [6.45, 7) is 3.47. The van der Waals surface area contributed by atoms with Crippen molar-refractivity contribution in [3.05, 3.63) is 87.7 Å². The smallest absolute Gasteiger partial charge is 0.255 e. The second-order valence-corrected chi connectivity index (χ2v) is 8.02. The molecule has 0 aliphatic carbocycles. The third kappa shape index (κ3) is 2.90. The third-order valence-corrected chi connectivity index (χ3v) is 6.31. The fraction of sp³-hybridized carbons (Fsp3) is 0.167. The lowest BCUT2D eigenvalue weighted by Crippen LogP contribution is -2.26. The largest absolute Gasteiger partial charge is 0.334 e. The van der Waals surface area contributed by atoms with Crippen LogP contribution in [-0.2, 0) is 13.0 Å². The van der Waals surface area contributed by atoms with Crippen LogP contribution >= 0.6 is 11.3 Å². The van der Waals surface area contributed by atoms with Crippen LogP contribution in [0.4, 0.5) is 0 Å². The minimum atomic E-state index is 0.136. The molecule has 1 aliphatic heterocycles. The zero-order valence-corrected chi connectivity index (χ0v) is 16.5. The molecule has 3 nitrogen and oxygen atoms in total. The number of pyridine rings is 1. The van der Waals surface area contributed by atoms with E-state index in [9.17, 15) is 4.79 Å². The molecule has 2 aromatic heterocycles. The second kappa shape index (κ2) is 6.88. The van der Waals surface area contributed by atoms with Gasteiger partial charge in [-0.2, -0.15) is 11.3 Å². The van der Waals surface area contributed by atoms with Gasteiger partial charge in [0.2, 0.25) is 0 Å². The minimum absolute atomic E-state index is 0.136. The minimum Gasteiger partial charge on any atom is -0.334 e. The van der Waals surface area contributed by atoms with Crippen LogP contribution in [-0.4, -0.2) is 22.3 Å². The van der Waals surface area contributed by atoms with Gasteiger partial charge in [0.1, 0.15) is 0 Å². The van der Waals surface area contributed by atoms with Gasteiger partial charge in [-0.25, -0.2) is 0 Å². The van der Waals surface area contributed by atoms with E-state index in [4.69, 9.17) is 4.98 Å². The first kappa shape index (κ1) is 17.1. The standard InChI is InChI=1S/C24H20N2OS/c1-16-14-28-15-21(16)20-7-4-6-18-13-26(24(27)23(18)20)12-11-19-10-9-17-5-2-3-8-22(17)25-19/h2-10,14-15H,11-13H2,1H3. The number of para-hydroxylation sites is 1. The first-order valence-corrected chi connectivity index (χ1v) is 10.4. The fourth-order valence-corrected chi connectivity index (χ4v) is 4.81. The molecular weight excluding hydrogens is 364 g/mol. The Morgan fingerprint density at radius 1 is 1.00 bits per heavy atom. The van der Waals surface area contributed by atoms with E-state index >= 15 is 0 Å². The van der Waals surface area contributed by atoms with Crippen LogP contribution in [0, 0.1) is 6.92 Å². The van der Waals surface area contributed by atoms with E-state index in [1.165, 1.54) is 11.1 Å². The predicted molar refractivity (Wildman–Crippen MR) is 115 cm³/mol. The number of hydrogen-bond acceptors (Lipinski definition) is 3. The van der Waals surface area contributed by atoms with Gasteiger partial charge in [-0.05, 0) is 52.1 Å². The highest BCUT2D eigenvalue weighted by molar-refractivity contribution is 7.08. The van der Waals surface area contributed by atoms with Crippen molar-refractivity contribution < 1.29 is 4.79 Å². The van der Waals surface area contributed by atoms with E-state index in [1.807, 2.05) is 23.1 Å². The van der Waals surface area contributed by atoms with E-state index in [1.54, 1.807) is 11.3 Å². The maximum Gasteiger partial charge on any atom is 0.255 e. The summed E-state index contributed by atoms with van der Waals surface area (Å²) < 4.78 is 0. The van der Waals surface area contributed by atoms with Gasteiger partial charge in [0.15, 0.2) is 0 Å². The molecule has 3 heterocycles. The number of fused-ring (bicyclic) bond motifs is 2. The van der Waals surface area contributed by atoms with Gasteiger partial charge in [-0.1, -0.05) is 42.5 Å². The molecule has 1 amide bonds. The summed E-state index contributed by atoms with van der Waals surface area (Å²) in [4.78, 5) is 19.9. The summed E-state index contributed by atoms with van der Waals surface area (Å²) >= 11 is 1.68. The van der Waals surface area contributed by atoms with Crippen LogP contribution in [0.2, 0.25) is 0 Å². The van der Waals surface area contributed by atoms with Crippen molar-refractivity contribution in [1.82, 2.24) is 9.88 Å². The molecule has 0 fully saturated rings. The summed E-state index contributed by atoms with van der Waals surface area (Å²) in [6, 6.07) is 18.5. The Bertz CT molecular complexity index is 1190. The Hall–Kier alpha value is -2.98. The van der Waals surface area contributed by atoms with Gasteiger partial charge in [0.25, 0.3) is 5.91 Å². The van der Waals surface area contributed by atoms with Crippen LogP contribution in [0.25, 0.3) is 22.0 Å². The highest BCUT2D eigenvalue weighted by Gasteiger charge is 2.30. The molecule has 0 saturated carbocycles. The SMILES string of the molecule is Cc1cscc1-c1cccc2c1C(=O)N(CCc1ccc3ccccc3n1)C2. The number of rotatable bonds is 4. The molecule has 138 valence electrons. The Kier molecular flexibility index (Phi) is 4.21. The molecule has 28 heavy (non-hydrogen) atoms. The summed E-state index contributed by atoms with van der Waals surface area (Å²) in [7, 11) is 0. The molecule has 0 radical (unpaired) electrons. The first-order chi connectivity index (χ1) is 13.7. The maximum atomic E-state index is 13.2. The number of amides is 1. The van der Waals surface area contributed by atoms with Crippen molar-refractivity contribution in [2.24, 2.45) is 0 Å². The molecule has 5 rings (SSSR count). The summed E-state index contributed by atoms with van der Waals surface area (Å²) in [6.07, 6.45) is 0.761. The lowest BCUT2D eigenvalue weighted by atomic mass is 9.97. The fourth-order valence-electron chi connectivity index (χ4n) is 3.96. The monoisotopic (exact) mass is 384 g/mol. The lowest BCUT2D eigenvalue weighted by Gasteiger charge is -2.15. The molecule has 0 saturated heterocycles. The van der Waals surface area contributed by atoms with Gasteiger partial charge in [0.05, 0.1) is 11.1 Å². The van der Waals surface area contributed by atoms with Crippen LogP contribution in [0.3, 0.4) is 0 Å². The molecule has 0 unspecified atom stereocenters. The number of nitrogens with zero attached hydrogens (tertiary/aromatic N) is 2. The molecule has 4 aromatic rings. The average Bonchev–Trinajstić information content (AvgIpc) is 3.29. The molecule has 0 N–H and O–H groups in total. The topological polar surface area (TPSA) is 33.2 Å². The number of carbonyl (C=O) groups excluding carboxylic acids is 1. The highest BCUT2D eigenvalue weighted by Crippen LogP contribution is 2.35. The molecular formula is C24H20N2OS. The van der Waals surface area contributed by atoms with Gasteiger partial charge in [0, 0.05) is 30.6 Å². The van der Waals surface area contributed by atoms with Crippen molar-refractivity contribution in [3.63, 3.8) is 0 Å². The van der Waals surface area contributed by atoms with E-state index in [2.05, 4.69) is 54.1 Å². The van der Waals surface area contributed by atoms with Crippen molar-refractivity contribution in [1.29, 1.82) is 0 Å². The van der Waals surface area contributed by atoms with E-state index in [-0.39, 0.29) is 5.91 Å². The number of carbonyl (C=O) groups is 1. The zero-order chi connectivity index (χ0) is 19.1. The summed E-state index contributed by atoms with van der Waals surface area (Å²) in [5.41, 5.74) is 7.49. The Labute approximate surface area is 168 Å². The summed E-state index contributed by atoms with van der Waals surface area (Å²) in [5.74, 6) is 0.136. The lowest BCUT2D eigenvalue weighted by molar-refractivity contribution is 0.0780. The molecule has 1 aliphatic rings. The zero-order valence-electron chi connectivity index (χ0n) is 15.7. The average molecular weight is 385 g/mol. The predicted octanol–water partition coefficient (Wildman–Crippen LogP) is 5.47.